The van der Waals surface area contributed by atoms with E-state index < -0.39 is 0 Å². The van der Waals surface area contributed by atoms with Crippen LogP contribution in [0.25, 0.3) is 0 Å². The van der Waals surface area contributed by atoms with E-state index in [4.69, 9.17) is 0 Å². The summed E-state index contributed by atoms with van der Waals surface area (Å²) in [7, 11) is 0. The fourth-order valence-electron chi connectivity index (χ4n) is 2.73. The molecule has 27 heavy (non-hydrogen) atoms. The summed E-state index contributed by atoms with van der Waals surface area (Å²) < 4.78 is 13.0. The number of hydrogen-bond acceptors (Lipinski definition) is 4. The summed E-state index contributed by atoms with van der Waals surface area (Å²) in [5.41, 5.74) is 3.75. The molecule has 0 unspecified atom stereocenters. The molecule has 1 aromatic heterocycles. The minimum Gasteiger partial charge on any atom is -0.324 e. The van der Waals surface area contributed by atoms with Gasteiger partial charge in [-0.1, -0.05) is 32.0 Å². The van der Waals surface area contributed by atoms with Gasteiger partial charge in [-0.25, -0.2) is 14.4 Å². The third-order valence-corrected chi connectivity index (χ3v) is 4.15. The predicted octanol–water partition coefficient (Wildman–Crippen LogP) is 5.04. The third kappa shape index (κ3) is 4.47. The van der Waals surface area contributed by atoms with Crippen molar-refractivity contribution in [3.8, 4) is 0 Å². The molecule has 1 amide bonds. The van der Waals surface area contributed by atoms with E-state index in [-0.39, 0.29) is 29.3 Å². The standard InChI is InChI=1S/C21H21FN4O/c1-13(2)17-6-4-5-14(3)19(17)26-20(27)18-11-12-23-21(25-18)24-16-9-7-15(22)8-10-16/h4-13H,1-3H3,(H,26,27)(H,23,24,25). The Kier molecular flexibility index (Phi) is 5.45. The van der Waals surface area contributed by atoms with Gasteiger partial charge in [0.1, 0.15) is 11.5 Å². The Morgan fingerprint density at radius 1 is 1.07 bits per heavy atom. The lowest BCUT2D eigenvalue weighted by atomic mass is 9.98. The molecule has 0 saturated carbocycles. The van der Waals surface area contributed by atoms with E-state index in [9.17, 15) is 9.18 Å². The fraction of sp³-hybridized carbons (Fsp3) is 0.190. The Balaban J connectivity index is 1.81. The van der Waals surface area contributed by atoms with Crippen molar-refractivity contribution in [2.75, 3.05) is 10.6 Å². The number of carbonyl (C=O) groups is 1. The van der Waals surface area contributed by atoms with E-state index in [2.05, 4.69) is 34.4 Å². The summed E-state index contributed by atoms with van der Waals surface area (Å²) >= 11 is 0. The summed E-state index contributed by atoms with van der Waals surface area (Å²) in [6.45, 7) is 6.13. The van der Waals surface area contributed by atoms with Gasteiger partial charge in [0.25, 0.3) is 5.91 Å². The highest BCUT2D eigenvalue weighted by Gasteiger charge is 2.15. The fourth-order valence-corrected chi connectivity index (χ4v) is 2.73. The van der Waals surface area contributed by atoms with Crippen molar-refractivity contribution in [3.05, 3.63) is 77.4 Å². The van der Waals surface area contributed by atoms with Crippen molar-refractivity contribution in [2.45, 2.75) is 26.7 Å². The molecular weight excluding hydrogens is 343 g/mol. The number of rotatable bonds is 5. The Labute approximate surface area is 157 Å². The van der Waals surface area contributed by atoms with Crippen LogP contribution < -0.4 is 10.6 Å². The first-order valence-corrected chi connectivity index (χ1v) is 8.70. The average Bonchev–Trinajstić information content (AvgIpc) is 2.65. The molecule has 0 aliphatic heterocycles. The first kappa shape index (κ1) is 18.5. The number of nitrogens with one attached hydrogen (secondary N) is 2. The highest BCUT2D eigenvalue weighted by atomic mass is 19.1. The molecule has 1 heterocycles. The van der Waals surface area contributed by atoms with Gasteiger partial charge in [0, 0.05) is 17.6 Å². The van der Waals surface area contributed by atoms with Crippen molar-refractivity contribution in [3.63, 3.8) is 0 Å². The maximum absolute atomic E-state index is 13.0. The number of halogens is 1. The van der Waals surface area contributed by atoms with Crippen LogP contribution in [0.1, 0.15) is 41.4 Å². The zero-order chi connectivity index (χ0) is 19.4. The maximum Gasteiger partial charge on any atom is 0.274 e. The molecule has 0 fully saturated rings. The lowest BCUT2D eigenvalue weighted by Crippen LogP contribution is -2.17. The average molecular weight is 364 g/mol. The molecule has 0 spiro atoms. The highest BCUT2D eigenvalue weighted by molar-refractivity contribution is 6.04. The topological polar surface area (TPSA) is 66.9 Å². The molecule has 0 saturated heterocycles. The first-order valence-electron chi connectivity index (χ1n) is 8.70. The molecule has 0 radical (unpaired) electrons. The van der Waals surface area contributed by atoms with E-state index >= 15 is 0 Å². The van der Waals surface area contributed by atoms with Crippen LogP contribution in [0.5, 0.6) is 0 Å². The molecule has 0 aliphatic carbocycles. The van der Waals surface area contributed by atoms with Gasteiger partial charge in [0.15, 0.2) is 0 Å². The van der Waals surface area contributed by atoms with Crippen molar-refractivity contribution >= 4 is 23.2 Å². The van der Waals surface area contributed by atoms with Gasteiger partial charge in [0.05, 0.1) is 0 Å². The van der Waals surface area contributed by atoms with Gasteiger partial charge in [-0.05, 0) is 54.3 Å². The number of hydrogen-bond donors (Lipinski definition) is 2. The monoisotopic (exact) mass is 364 g/mol. The molecule has 0 atom stereocenters. The molecule has 0 bridgehead atoms. The quantitative estimate of drug-likeness (QED) is 0.665. The number of aromatic nitrogens is 2. The molecular formula is C21H21FN4O. The number of benzene rings is 2. The predicted molar refractivity (Wildman–Crippen MR) is 105 cm³/mol. The van der Waals surface area contributed by atoms with Crippen molar-refractivity contribution in [2.24, 2.45) is 0 Å². The lowest BCUT2D eigenvalue weighted by Gasteiger charge is -2.16. The zero-order valence-electron chi connectivity index (χ0n) is 15.5. The smallest absolute Gasteiger partial charge is 0.274 e. The molecule has 5 nitrogen and oxygen atoms in total. The first-order chi connectivity index (χ1) is 12.9. The Bertz CT molecular complexity index is 955. The van der Waals surface area contributed by atoms with Crippen LogP contribution >= 0.6 is 0 Å². The van der Waals surface area contributed by atoms with Crippen molar-refractivity contribution in [1.82, 2.24) is 9.97 Å². The lowest BCUT2D eigenvalue weighted by molar-refractivity contribution is 0.102. The molecule has 2 aromatic carbocycles. The largest absolute Gasteiger partial charge is 0.324 e. The number of nitrogens with zero attached hydrogens (tertiary/aromatic N) is 2. The van der Waals surface area contributed by atoms with Crippen molar-refractivity contribution < 1.29 is 9.18 Å². The van der Waals surface area contributed by atoms with Crippen LogP contribution in [-0.4, -0.2) is 15.9 Å². The van der Waals surface area contributed by atoms with Gasteiger partial charge in [-0.2, -0.15) is 0 Å². The van der Waals surface area contributed by atoms with E-state index in [0.29, 0.717) is 5.69 Å². The van der Waals surface area contributed by atoms with Crippen molar-refractivity contribution in [1.29, 1.82) is 0 Å². The van der Waals surface area contributed by atoms with E-state index in [0.717, 1.165) is 16.8 Å². The van der Waals surface area contributed by atoms with Gasteiger partial charge in [-0.15, -0.1) is 0 Å². The van der Waals surface area contributed by atoms with Crippen LogP contribution in [0.3, 0.4) is 0 Å². The third-order valence-electron chi connectivity index (χ3n) is 4.15. The van der Waals surface area contributed by atoms with Gasteiger partial charge < -0.3 is 10.6 Å². The van der Waals surface area contributed by atoms with E-state index in [1.165, 1.54) is 18.3 Å². The molecule has 6 heteroatoms. The van der Waals surface area contributed by atoms with E-state index in [1.54, 1.807) is 18.2 Å². The van der Waals surface area contributed by atoms with Crippen LogP contribution in [0.4, 0.5) is 21.7 Å². The summed E-state index contributed by atoms with van der Waals surface area (Å²) in [6.07, 6.45) is 1.51. The highest BCUT2D eigenvalue weighted by Crippen LogP contribution is 2.27. The summed E-state index contributed by atoms with van der Waals surface area (Å²) in [5, 5.41) is 5.93. The van der Waals surface area contributed by atoms with Gasteiger partial charge >= 0.3 is 0 Å². The van der Waals surface area contributed by atoms with Gasteiger partial charge in [0.2, 0.25) is 5.95 Å². The van der Waals surface area contributed by atoms with Crippen LogP contribution in [0.2, 0.25) is 0 Å². The van der Waals surface area contributed by atoms with Crippen LogP contribution in [0, 0.1) is 12.7 Å². The second kappa shape index (κ2) is 7.95. The minimum atomic E-state index is -0.325. The van der Waals surface area contributed by atoms with E-state index in [1.807, 2.05) is 25.1 Å². The molecule has 138 valence electrons. The normalized spacial score (nSPS) is 10.7. The number of aryl methyl sites for hydroxylation is 1. The molecule has 2 N–H and O–H groups in total. The zero-order valence-corrected chi connectivity index (χ0v) is 15.5. The van der Waals surface area contributed by atoms with Gasteiger partial charge in [-0.3, -0.25) is 4.79 Å². The summed E-state index contributed by atoms with van der Waals surface area (Å²) in [6, 6.07) is 13.3. The Morgan fingerprint density at radius 2 is 1.81 bits per heavy atom. The number of amides is 1. The Hall–Kier alpha value is -3.28. The summed E-state index contributed by atoms with van der Waals surface area (Å²) in [4.78, 5) is 21.1. The molecule has 3 rings (SSSR count). The number of para-hydroxylation sites is 1. The van der Waals surface area contributed by atoms with Crippen LogP contribution in [0.15, 0.2) is 54.7 Å². The van der Waals surface area contributed by atoms with Crippen LogP contribution in [-0.2, 0) is 0 Å². The minimum absolute atomic E-state index is 0.243. The second-order valence-electron chi connectivity index (χ2n) is 6.55. The SMILES string of the molecule is Cc1cccc(C(C)C)c1NC(=O)c1ccnc(Nc2ccc(F)cc2)n1. The number of carbonyl (C=O) groups excluding carboxylic acids is 1. The second-order valence-corrected chi connectivity index (χ2v) is 6.55. The number of anilines is 3. The molecule has 3 aromatic rings. The summed E-state index contributed by atoms with van der Waals surface area (Å²) in [5.74, 6) is -0.0889. The molecule has 0 aliphatic rings. The maximum atomic E-state index is 13.0. The Morgan fingerprint density at radius 3 is 2.52 bits per heavy atom.